The molecule has 0 bridgehead atoms. The Morgan fingerprint density at radius 2 is 2.23 bits per heavy atom. The number of hydrogen-bond donors (Lipinski definition) is 1. The number of benzene rings is 1. The molecule has 0 aliphatic heterocycles. The second-order valence-corrected chi connectivity index (χ2v) is 2.84. The molecule has 0 amide bonds. The summed E-state index contributed by atoms with van der Waals surface area (Å²) < 4.78 is 0. The third-order valence-electron chi connectivity index (χ3n) is 1.88. The van der Waals surface area contributed by atoms with Crippen molar-refractivity contribution in [1.29, 1.82) is 0 Å². The minimum absolute atomic E-state index is 0.343. The van der Waals surface area contributed by atoms with Crippen LogP contribution in [0.4, 0.5) is 0 Å². The van der Waals surface area contributed by atoms with Crippen LogP contribution in [-0.4, -0.2) is 5.11 Å². The normalized spacial score (nSPS) is 10.5. The van der Waals surface area contributed by atoms with Gasteiger partial charge in [-0.2, -0.15) is 0 Å². The Bertz CT molecular complexity index is 324. The molecule has 1 heteroatoms. The molecule has 1 aromatic rings. The van der Waals surface area contributed by atoms with Crippen LogP contribution in [0.1, 0.15) is 18.1 Å². The van der Waals surface area contributed by atoms with E-state index in [0.29, 0.717) is 12.2 Å². The van der Waals surface area contributed by atoms with Crippen LogP contribution >= 0.6 is 0 Å². The van der Waals surface area contributed by atoms with E-state index in [-0.39, 0.29) is 0 Å². The fourth-order valence-electron chi connectivity index (χ4n) is 1.29. The molecule has 1 aromatic carbocycles. The van der Waals surface area contributed by atoms with Gasteiger partial charge in [-0.25, -0.2) is 0 Å². The summed E-state index contributed by atoms with van der Waals surface area (Å²) in [5.41, 5.74) is 2.00. The van der Waals surface area contributed by atoms with Crippen molar-refractivity contribution < 1.29 is 5.11 Å². The van der Waals surface area contributed by atoms with E-state index in [1.54, 1.807) is 12.1 Å². The Labute approximate surface area is 79.0 Å². The third-order valence-corrected chi connectivity index (χ3v) is 1.88. The van der Waals surface area contributed by atoms with Crippen molar-refractivity contribution in [3.8, 4) is 5.75 Å². The van der Waals surface area contributed by atoms with Crippen LogP contribution in [0.3, 0.4) is 0 Å². The predicted octanol–water partition coefficient (Wildman–Crippen LogP) is 3.15. The molecule has 0 radical (unpaired) electrons. The van der Waals surface area contributed by atoms with Crippen molar-refractivity contribution in [1.82, 2.24) is 0 Å². The molecule has 0 unspecified atom stereocenters. The smallest absolute Gasteiger partial charge is 0.119 e. The van der Waals surface area contributed by atoms with Crippen molar-refractivity contribution >= 4 is 6.08 Å². The summed E-state index contributed by atoms with van der Waals surface area (Å²) in [4.78, 5) is 0. The van der Waals surface area contributed by atoms with Gasteiger partial charge in [-0.1, -0.05) is 30.4 Å². The average molecular weight is 174 g/mol. The van der Waals surface area contributed by atoms with Crippen molar-refractivity contribution in [2.75, 3.05) is 0 Å². The lowest BCUT2D eigenvalue weighted by molar-refractivity contribution is 0.469. The maximum Gasteiger partial charge on any atom is 0.119 e. The minimum atomic E-state index is 0.343. The molecule has 1 N–H and O–H groups in total. The maximum absolute atomic E-state index is 9.57. The predicted molar refractivity (Wildman–Crippen MR) is 56.7 cm³/mol. The highest BCUT2D eigenvalue weighted by Gasteiger charge is 2.02. The molecular formula is C12H14O. The lowest BCUT2D eigenvalue weighted by Crippen LogP contribution is -1.87. The second kappa shape index (κ2) is 4.51. The van der Waals surface area contributed by atoms with Crippen LogP contribution in [0.5, 0.6) is 5.75 Å². The Kier molecular flexibility index (Phi) is 3.32. The second-order valence-electron chi connectivity index (χ2n) is 2.84. The van der Waals surface area contributed by atoms with Gasteiger partial charge in [0.15, 0.2) is 0 Å². The van der Waals surface area contributed by atoms with Gasteiger partial charge in [-0.3, -0.25) is 0 Å². The summed E-state index contributed by atoms with van der Waals surface area (Å²) in [7, 11) is 0. The van der Waals surface area contributed by atoms with E-state index >= 15 is 0 Å². The van der Waals surface area contributed by atoms with Gasteiger partial charge in [0.25, 0.3) is 0 Å². The molecule has 13 heavy (non-hydrogen) atoms. The molecule has 0 heterocycles. The van der Waals surface area contributed by atoms with Gasteiger partial charge >= 0.3 is 0 Å². The molecule has 0 aromatic heterocycles. The molecule has 0 aliphatic carbocycles. The highest BCUT2D eigenvalue weighted by Crippen LogP contribution is 2.22. The highest BCUT2D eigenvalue weighted by molar-refractivity contribution is 5.57. The molecule has 0 aliphatic rings. The Morgan fingerprint density at radius 1 is 1.46 bits per heavy atom. The molecule has 68 valence electrons. The lowest BCUT2D eigenvalue weighted by atomic mass is 10.0. The van der Waals surface area contributed by atoms with E-state index in [1.165, 1.54) is 0 Å². The van der Waals surface area contributed by atoms with Gasteiger partial charge in [-0.15, -0.1) is 6.58 Å². The van der Waals surface area contributed by atoms with Crippen LogP contribution in [0, 0.1) is 0 Å². The fraction of sp³-hybridized carbons (Fsp3) is 0.167. The molecule has 0 saturated carbocycles. The van der Waals surface area contributed by atoms with Crippen LogP contribution in [-0.2, 0) is 6.42 Å². The molecular weight excluding hydrogens is 160 g/mol. The summed E-state index contributed by atoms with van der Waals surface area (Å²) in [5.74, 6) is 0.343. The van der Waals surface area contributed by atoms with Gasteiger partial charge < -0.3 is 5.11 Å². The van der Waals surface area contributed by atoms with Crippen molar-refractivity contribution in [2.45, 2.75) is 13.3 Å². The SMILES string of the molecule is C=CCc1c(O)cccc1C=CC. The first kappa shape index (κ1) is 9.59. The number of aromatic hydroxyl groups is 1. The summed E-state index contributed by atoms with van der Waals surface area (Å²) in [6.45, 7) is 5.62. The Balaban J connectivity index is 3.16. The van der Waals surface area contributed by atoms with E-state index in [9.17, 15) is 5.11 Å². The maximum atomic E-state index is 9.57. The summed E-state index contributed by atoms with van der Waals surface area (Å²) in [6, 6.07) is 5.53. The van der Waals surface area contributed by atoms with Crippen molar-refractivity contribution in [3.05, 3.63) is 48.1 Å². The van der Waals surface area contributed by atoms with Crippen LogP contribution in [0.2, 0.25) is 0 Å². The topological polar surface area (TPSA) is 20.2 Å². The number of phenols is 1. The number of hydrogen-bond acceptors (Lipinski definition) is 1. The Morgan fingerprint density at radius 3 is 2.85 bits per heavy atom. The molecule has 1 rings (SSSR count). The fourth-order valence-corrected chi connectivity index (χ4v) is 1.29. The Hall–Kier alpha value is -1.50. The van der Waals surface area contributed by atoms with E-state index in [0.717, 1.165) is 11.1 Å². The number of phenolic OH excluding ortho intramolecular Hbond substituents is 1. The quantitative estimate of drug-likeness (QED) is 0.698. The molecule has 0 fully saturated rings. The number of rotatable bonds is 3. The van der Waals surface area contributed by atoms with E-state index in [4.69, 9.17) is 0 Å². The first-order valence-electron chi connectivity index (χ1n) is 4.34. The van der Waals surface area contributed by atoms with Crippen molar-refractivity contribution in [2.24, 2.45) is 0 Å². The van der Waals surface area contributed by atoms with Gasteiger partial charge in [0.2, 0.25) is 0 Å². The summed E-state index contributed by atoms with van der Waals surface area (Å²) in [6.07, 6.45) is 6.44. The molecule has 1 nitrogen and oxygen atoms in total. The first-order chi connectivity index (χ1) is 6.29. The van der Waals surface area contributed by atoms with Crippen LogP contribution < -0.4 is 0 Å². The van der Waals surface area contributed by atoms with Gasteiger partial charge in [-0.05, 0) is 25.0 Å². The monoisotopic (exact) mass is 174 g/mol. The largest absolute Gasteiger partial charge is 0.508 e. The van der Waals surface area contributed by atoms with E-state index in [2.05, 4.69) is 6.58 Å². The summed E-state index contributed by atoms with van der Waals surface area (Å²) >= 11 is 0. The zero-order valence-electron chi connectivity index (χ0n) is 7.83. The molecule has 0 spiro atoms. The van der Waals surface area contributed by atoms with Gasteiger partial charge in [0.05, 0.1) is 0 Å². The van der Waals surface area contributed by atoms with Crippen LogP contribution in [0.25, 0.3) is 6.08 Å². The zero-order valence-corrected chi connectivity index (χ0v) is 7.83. The molecule has 0 atom stereocenters. The average Bonchev–Trinajstić information content (AvgIpc) is 2.11. The van der Waals surface area contributed by atoms with Crippen molar-refractivity contribution in [3.63, 3.8) is 0 Å². The summed E-state index contributed by atoms with van der Waals surface area (Å²) in [5, 5.41) is 9.57. The minimum Gasteiger partial charge on any atom is -0.508 e. The number of allylic oxidation sites excluding steroid dienone is 2. The first-order valence-corrected chi connectivity index (χ1v) is 4.34. The van der Waals surface area contributed by atoms with Gasteiger partial charge in [0.1, 0.15) is 5.75 Å². The van der Waals surface area contributed by atoms with Crippen LogP contribution in [0.15, 0.2) is 36.9 Å². The lowest BCUT2D eigenvalue weighted by Gasteiger charge is -2.05. The zero-order chi connectivity index (χ0) is 9.68. The van der Waals surface area contributed by atoms with E-state index in [1.807, 2.05) is 31.2 Å². The van der Waals surface area contributed by atoms with Gasteiger partial charge in [0, 0.05) is 5.56 Å². The standard InChI is InChI=1S/C12H14O/c1-3-6-10-8-5-9-12(13)11(10)7-4-2/h3-6,8-9,13H,2,7H2,1H3. The van der Waals surface area contributed by atoms with E-state index < -0.39 is 0 Å². The highest BCUT2D eigenvalue weighted by atomic mass is 16.3. The third kappa shape index (κ3) is 2.22. The molecule has 0 saturated heterocycles.